The Balaban J connectivity index is 4.45. The minimum Gasteiger partial charge on any atom is -0.462 e. The molecule has 0 amide bonds. The van der Waals surface area contributed by atoms with Crippen LogP contribution in [0.1, 0.15) is 123 Å². The van der Waals surface area contributed by atoms with E-state index in [0.717, 1.165) is 83.5 Å². The molecule has 0 rings (SSSR count). The molecule has 0 aromatic rings. The third-order valence-electron chi connectivity index (χ3n) is 7.64. The molecule has 0 bridgehead atoms. The van der Waals surface area contributed by atoms with Crippen molar-refractivity contribution in [3.63, 3.8) is 0 Å². The van der Waals surface area contributed by atoms with Gasteiger partial charge in [0.1, 0.15) is 12.7 Å². The van der Waals surface area contributed by atoms with Crippen molar-refractivity contribution >= 4 is 19.8 Å². The molecule has 3 atom stereocenters. The summed E-state index contributed by atoms with van der Waals surface area (Å²) in [5.74, 6) is -0.991. The topological polar surface area (TPSA) is 149 Å². The summed E-state index contributed by atoms with van der Waals surface area (Å²) in [6, 6.07) is 0. The summed E-state index contributed by atoms with van der Waals surface area (Å²) in [7, 11) is -4.63. The molecule has 11 heteroatoms. The van der Waals surface area contributed by atoms with Crippen molar-refractivity contribution in [3.8, 4) is 0 Å². The number of aliphatic hydroxyl groups is 2. The molecule has 0 fully saturated rings. The lowest BCUT2D eigenvalue weighted by molar-refractivity contribution is -0.161. The highest BCUT2D eigenvalue weighted by molar-refractivity contribution is 7.47. The lowest BCUT2D eigenvalue weighted by Gasteiger charge is -2.20. The van der Waals surface area contributed by atoms with Crippen molar-refractivity contribution in [1.82, 2.24) is 0 Å². The molecule has 0 spiro atoms. The van der Waals surface area contributed by atoms with Gasteiger partial charge >= 0.3 is 19.8 Å². The molecule has 0 heterocycles. The maximum atomic E-state index is 12.6. The van der Waals surface area contributed by atoms with E-state index in [1.165, 1.54) is 0 Å². The molecule has 0 aromatic carbocycles. The van der Waals surface area contributed by atoms with Crippen molar-refractivity contribution in [3.05, 3.63) is 97.2 Å². The van der Waals surface area contributed by atoms with Crippen LogP contribution in [0.3, 0.4) is 0 Å². The Bertz CT molecular complexity index is 1210. The van der Waals surface area contributed by atoms with Crippen LogP contribution in [0.5, 0.6) is 0 Å². The number of rotatable bonds is 35. The monoisotopic (exact) mass is 776 g/mol. The van der Waals surface area contributed by atoms with Crippen LogP contribution in [0.15, 0.2) is 97.2 Å². The number of carbonyl (C=O) groups excluding carboxylic acids is 2. The van der Waals surface area contributed by atoms with E-state index < -0.39 is 51.8 Å². The maximum Gasteiger partial charge on any atom is 0.472 e. The third-order valence-corrected chi connectivity index (χ3v) is 8.59. The van der Waals surface area contributed by atoms with Crippen molar-refractivity contribution < 1.29 is 47.8 Å². The number of carbonyl (C=O) groups is 2. The molecule has 0 aromatic heterocycles. The SMILES string of the molecule is CC/C=C/C=C/C=C/CCCCCCCC(=O)OC(COC(=O)CCCCCCC/C=C/C=C/C=C/C=C/C=C/CCC)COP(=O)(O)OC[C@H](O)CO. The third kappa shape index (κ3) is 37.2. The molecule has 306 valence electrons. The van der Waals surface area contributed by atoms with E-state index in [4.69, 9.17) is 19.1 Å². The fourth-order valence-electron chi connectivity index (χ4n) is 4.61. The summed E-state index contributed by atoms with van der Waals surface area (Å²) in [6.07, 6.45) is 45.1. The maximum absolute atomic E-state index is 12.6. The first-order valence-corrected chi connectivity index (χ1v) is 21.3. The molecule has 0 aliphatic heterocycles. The van der Waals surface area contributed by atoms with E-state index in [9.17, 15) is 24.2 Å². The molecule has 0 aliphatic carbocycles. The van der Waals surface area contributed by atoms with Crippen LogP contribution in [0.4, 0.5) is 0 Å². The van der Waals surface area contributed by atoms with Gasteiger partial charge < -0.3 is 24.6 Å². The minimum atomic E-state index is -4.63. The lowest BCUT2D eigenvalue weighted by Crippen LogP contribution is -2.29. The Morgan fingerprint density at radius 1 is 0.574 bits per heavy atom. The Kier molecular flexibility index (Phi) is 36.0. The van der Waals surface area contributed by atoms with Crippen LogP contribution >= 0.6 is 7.82 Å². The van der Waals surface area contributed by atoms with Crippen LogP contribution < -0.4 is 0 Å². The number of unbranched alkanes of at least 4 members (excludes halogenated alkanes) is 11. The zero-order valence-corrected chi connectivity index (χ0v) is 33.8. The Labute approximate surface area is 325 Å². The van der Waals surface area contributed by atoms with Gasteiger partial charge in [0, 0.05) is 12.8 Å². The molecule has 0 radical (unpaired) electrons. The molecular formula is C43H69O10P. The van der Waals surface area contributed by atoms with Gasteiger partial charge in [0.15, 0.2) is 6.10 Å². The van der Waals surface area contributed by atoms with E-state index >= 15 is 0 Å². The number of phosphoric acid groups is 1. The summed E-state index contributed by atoms with van der Waals surface area (Å²) in [6.45, 7) is 2.06. The quantitative estimate of drug-likeness (QED) is 0.0246. The Hall–Kier alpha value is -3.11. The lowest BCUT2D eigenvalue weighted by atomic mass is 10.1. The van der Waals surface area contributed by atoms with Gasteiger partial charge in [-0.3, -0.25) is 18.6 Å². The molecule has 3 N–H and O–H groups in total. The van der Waals surface area contributed by atoms with E-state index in [1.54, 1.807) is 0 Å². The average Bonchev–Trinajstić information content (AvgIpc) is 3.16. The van der Waals surface area contributed by atoms with Crippen molar-refractivity contribution in [2.24, 2.45) is 0 Å². The van der Waals surface area contributed by atoms with Gasteiger partial charge in [-0.05, 0) is 51.4 Å². The van der Waals surface area contributed by atoms with Crippen molar-refractivity contribution in [2.45, 2.75) is 135 Å². The second-order valence-corrected chi connectivity index (χ2v) is 14.2. The van der Waals surface area contributed by atoms with Gasteiger partial charge in [0.05, 0.1) is 19.8 Å². The first-order valence-electron chi connectivity index (χ1n) is 19.8. The number of esters is 2. The number of allylic oxidation sites excluding steroid dienone is 16. The molecule has 0 saturated carbocycles. The highest BCUT2D eigenvalue weighted by Gasteiger charge is 2.27. The second kappa shape index (κ2) is 38.2. The zero-order valence-electron chi connectivity index (χ0n) is 32.9. The fourth-order valence-corrected chi connectivity index (χ4v) is 5.40. The minimum absolute atomic E-state index is 0.148. The highest BCUT2D eigenvalue weighted by atomic mass is 31.2. The van der Waals surface area contributed by atoms with Gasteiger partial charge in [-0.25, -0.2) is 4.57 Å². The summed E-state index contributed by atoms with van der Waals surface area (Å²) in [4.78, 5) is 34.9. The molecule has 0 aliphatic rings. The van der Waals surface area contributed by atoms with E-state index in [0.29, 0.717) is 12.8 Å². The fraction of sp³-hybridized carbons (Fsp3) is 0.581. The normalized spacial score (nSPS) is 15.0. The van der Waals surface area contributed by atoms with Crippen LogP contribution in [-0.4, -0.2) is 65.7 Å². The number of aliphatic hydroxyl groups excluding tert-OH is 2. The van der Waals surface area contributed by atoms with E-state index in [2.05, 4.69) is 48.8 Å². The van der Waals surface area contributed by atoms with Crippen LogP contribution in [0, 0.1) is 0 Å². The first kappa shape index (κ1) is 50.9. The van der Waals surface area contributed by atoms with Crippen LogP contribution in [0.2, 0.25) is 0 Å². The molecule has 54 heavy (non-hydrogen) atoms. The van der Waals surface area contributed by atoms with Crippen LogP contribution in [-0.2, 0) is 32.7 Å². The van der Waals surface area contributed by atoms with Gasteiger partial charge in [0.25, 0.3) is 0 Å². The molecule has 2 unspecified atom stereocenters. The number of ether oxygens (including phenoxy) is 2. The predicted octanol–water partition coefficient (Wildman–Crippen LogP) is 10.0. The second-order valence-electron chi connectivity index (χ2n) is 12.8. The summed E-state index contributed by atoms with van der Waals surface area (Å²) in [5, 5.41) is 18.3. The first-order chi connectivity index (χ1) is 26.2. The molecule has 10 nitrogen and oxygen atoms in total. The predicted molar refractivity (Wildman–Crippen MR) is 219 cm³/mol. The zero-order chi connectivity index (χ0) is 39.8. The molecule has 0 saturated heterocycles. The van der Waals surface area contributed by atoms with Crippen LogP contribution in [0.25, 0.3) is 0 Å². The highest BCUT2D eigenvalue weighted by Crippen LogP contribution is 2.43. The smallest absolute Gasteiger partial charge is 0.462 e. The van der Waals surface area contributed by atoms with Crippen molar-refractivity contribution in [2.75, 3.05) is 26.4 Å². The Morgan fingerprint density at radius 3 is 1.54 bits per heavy atom. The van der Waals surface area contributed by atoms with Gasteiger partial charge in [-0.1, -0.05) is 156 Å². The van der Waals surface area contributed by atoms with E-state index in [1.807, 2.05) is 66.8 Å². The largest absolute Gasteiger partial charge is 0.472 e. The number of phosphoric ester groups is 1. The van der Waals surface area contributed by atoms with Gasteiger partial charge in [0.2, 0.25) is 0 Å². The summed E-state index contributed by atoms with van der Waals surface area (Å²) < 4.78 is 32.6. The number of hydrogen-bond acceptors (Lipinski definition) is 9. The van der Waals surface area contributed by atoms with Gasteiger partial charge in [-0.2, -0.15) is 0 Å². The van der Waals surface area contributed by atoms with Crippen molar-refractivity contribution in [1.29, 1.82) is 0 Å². The standard InChI is InChI=1S/C43H69O10P/c1-3-5-7-9-11-13-15-17-18-19-20-21-23-24-26-28-30-32-34-42(46)50-38-41(39-52-54(48,49)51-37-40(45)36-44)53-43(47)35-33-31-29-27-25-22-16-14-12-10-8-6-4-2/h6-21,40-41,44-45H,3-5,22-39H2,1-2H3,(H,48,49)/b8-6+,9-7+,12-10+,13-11+,16-14+,17-15+,19-18+,21-20+/t40-,41?/m1/s1. The van der Waals surface area contributed by atoms with E-state index in [-0.39, 0.29) is 19.4 Å². The summed E-state index contributed by atoms with van der Waals surface area (Å²) in [5.41, 5.74) is 0. The average molecular weight is 777 g/mol. The Morgan fingerprint density at radius 2 is 1.02 bits per heavy atom. The van der Waals surface area contributed by atoms with Gasteiger partial charge in [-0.15, -0.1) is 0 Å². The molecular weight excluding hydrogens is 707 g/mol. The number of hydrogen-bond donors (Lipinski definition) is 3. The summed E-state index contributed by atoms with van der Waals surface area (Å²) >= 11 is 0.